The lowest BCUT2D eigenvalue weighted by Crippen LogP contribution is -2.42. The maximum absolute atomic E-state index is 12.9. The summed E-state index contributed by atoms with van der Waals surface area (Å²) >= 11 is 1.60. The van der Waals surface area contributed by atoms with Crippen molar-refractivity contribution in [2.75, 3.05) is 32.1 Å². The summed E-state index contributed by atoms with van der Waals surface area (Å²) in [5.41, 5.74) is 1.78. The number of carbonyl (C=O) groups excluding carboxylic acids is 1. The number of piperidine rings is 1. The minimum Gasteiger partial charge on any atom is -0.347 e. The fraction of sp³-hybridized carbons (Fsp3) is 0.391. The number of benzene rings is 1. The molecule has 1 aliphatic rings. The minimum atomic E-state index is -0.0946. The Balaban J connectivity index is 1.46. The van der Waals surface area contributed by atoms with Crippen molar-refractivity contribution in [3.05, 3.63) is 70.4 Å². The number of rotatable bonds is 7. The molecule has 1 amide bonds. The number of likely N-dealkylation sites (tertiary alicyclic amines) is 1. The standard InChI is InChI=1S/C23H28N6OS/c1-28(2)23-25-13-17(14-26-23)15-29-11-6-9-19(16-29)20(22-24-10-12-31-22)27-21(30)18-7-4-3-5-8-18/h3-5,7-8,10,12-14,19-20H,6,9,11,15-16H2,1-2H3,(H,27,30)/t19-,20-/m0/s1. The van der Waals surface area contributed by atoms with E-state index in [0.717, 1.165) is 43.0 Å². The van der Waals surface area contributed by atoms with Crippen LogP contribution in [-0.4, -0.2) is 52.9 Å². The van der Waals surface area contributed by atoms with E-state index in [4.69, 9.17) is 0 Å². The molecule has 8 heteroatoms. The van der Waals surface area contributed by atoms with Crippen LogP contribution in [0.25, 0.3) is 0 Å². The summed E-state index contributed by atoms with van der Waals surface area (Å²) < 4.78 is 0. The third-order valence-electron chi connectivity index (χ3n) is 5.55. The van der Waals surface area contributed by atoms with Gasteiger partial charge in [-0.1, -0.05) is 18.2 Å². The molecule has 7 nitrogen and oxygen atoms in total. The van der Waals surface area contributed by atoms with Crippen molar-refractivity contribution in [1.82, 2.24) is 25.2 Å². The van der Waals surface area contributed by atoms with Gasteiger partial charge in [-0.2, -0.15) is 0 Å². The van der Waals surface area contributed by atoms with E-state index in [-0.39, 0.29) is 11.9 Å². The highest BCUT2D eigenvalue weighted by atomic mass is 32.1. The molecule has 1 aliphatic heterocycles. The summed E-state index contributed by atoms with van der Waals surface area (Å²) in [6.07, 6.45) is 7.77. The average Bonchev–Trinajstić information content (AvgIpc) is 3.33. The highest BCUT2D eigenvalue weighted by Crippen LogP contribution is 2.32. The Kier molecular flexibility index (Phi) is 6.89. The third-order valence-corrected chi connectivity index (χ3v) is 6.41. The zero-order valence-corrected chi connectivity index (χ0v) is 18.8. The molecule has 162 valence electrons. The zero-order valence-electron chi connectivity index (χ0n) is 17.9. The lowest BCUT2D eigenvalue weighted by molar-refractivity contribution is 0.0877. The second kappa shape index (κ2) is 9.98. The van der Waals surface area contributed by atoms with Crippen LogP contribution >= 0.6 is 11.3 Å². The molecule has 1 fully saturated rings. The molecule has 0 radical (unpaired) electrons. The van der Waals surface area contributed by atoms with E-state index < -0.39 is 0 Å². The van der Waals surface area contributed by atoms with Crippen molar-refractivity contribution in [1.29, 1.82) is 0 Å². The molecular formula is C23H28N6OS. The predicted molar refractivity (Wildman–Crippen MR) is 123 cm³/mol. The molecule has 0 bridgehead atoms. The van der Waals surface area contributed by atoms with Gasteiger partial charge in [0.1, 0.15) is 5.01 Å². The summed E-state index contributed by atoms with van der Waals surface area (Å²) in [5.74, 6) is 0.966. The van der Waals surface area contributed by atoms with E-state index in [1.54, 1.807) is 11.3 Å². The Morgan fingerprint density at radius 1 is 1.23 bits per heavy atom. The molecule has 3 heterocycles. The van der Waals surface area contributed by atoms with E-state index in [9.17, 15) is 4.79 Å². The molecule has 0 unspecified atom stereocenters. The summed E-state index contributed by atoms with van der Waals surface area (Å²) in [6, 6.07) is 9.29. The van der Waals surface area contributed by atoms with Gasteiger partial charge < -0.3 is 10.2 Å². The number of nitrogens with zero attached hydrogens (tertiary/aromatic N) is 5. The minimum absolute atomic E-state index is 0.0504. The fourth-order valence-corrected chi connectivity index (χ4v) is 4.79. The Morgan fingerprint density at radius 3 is 2.68 bits per heavy atom. The van der Waals surface area contributed by atoms with Gasteiger partial charge in [0.25, 0.3) is 5.91 Å². The Morgan fingerprint density at radius 2 is 2.00 bits per heavy atom. The van der Waals surface area contributed by atoms with Gasteiger partial charge in [0.15, 0.2) is 0 Å². The molecule has 0 saturated carbocycles. The molecule has 0 spiro atoms. The quantitative estimate of drug-likeness (QED) is 0.612. The van der Waals surface area contributed by atoms with Gasteiger partial charge in [-0.05, 0) is 37.4 Å². The first-order valence-corrected chi connectivity index (χ1v) is 11.4. The average molecular weight is 437 g/mol. The van der Waals surface area contributed by atoms with E-state index in [1.807, 2.05) is 73.3 Å². The monoisotopic (exact) mass is 436 g/mol. The second-order valence-electron chi connectivity index (χ2n) is 8.11. The number of hydrogen-bond acceptors (Lipinski definition) is 7. The van der Waals surface area contributed by atoms with Gasteiger partial charge in [0.2, 0.25) is 5.95 Å². The molecule has 31 heavy (non-hydrogen) atoms. The van der Waals surface area contributed by atoms with Crippen LogP contribution in [0.1, 0.15) is 39.8 Å². The summed E-state index contributed by atoms with van der Waals surface area (Å²) in [6.45, 7) is 2.74. The van der Waals surface area contributed by atoms with Crippen LogP contribution in [0.5, 0.6) is 0 Å². The van der Waals surface area contributed by atoms with Crippen LogP contribution in [0.2, 0.25) is 0 Å². The number of carbonyl (C=O) groups is 1. The summed E-state index contributed by atoms with van der Waals surface area (Å²) in [5, 5.41) is 6.20. The zero-order chi connectivity index (χ0) is 21.6. The smallest absolute Gasteiger partial charge is 0.251 e. The van der Waals surface area contributed by atoms with Crippen LogP contribution < -0.4 is 10.2 Å². The van der Waals surface area contributed by atoms with Crippen LogP contribution in [0.4, 0.5) is 5.95 Å². The van der Waals surface area contributed by atoms with Crippen molar-refractivity contribution in [2.45, 2.75) is 25.4 Å². The largest absolute Gasteiger partial charge is 0.347 e. The lowest BCUT2D eigenvalue weighted by atomic mass is 9.90. The molecule has 2 aromatic heterocycles. The molecule has 1 aromatic carbocycles. The second-order valence-corrected chi connectivity index (χ2v) is 9.04. The first kappa shape index (κ1) is 21.4. The number of anilines is 1. The first-order chi connectivity index (χ1) is 15.1. The normalized spacial score (nSPS) is 17.8. The van der Waals surface area contributed by atoms with Crippen molar-refractivity contribution in [3.63, 3.8) is 0 Å². The number of aromatic nitrogens is 3. The van der Waals surface area contributed by atoms with Crippen LogP contribution in [0, 0.1) is 5.92 Å². The number of nitrogens with one attached hydrogen (secondary N) is 1. The predicted octanol–water partition coefficient (Wildman–Crippen LogP) is 3.38. The van der Waals surface area contributed by atoms with Gasteiger partial charge in [-0.3, -0.25) is 9.69 Å². The van der Waals surface area contributed by atoms with Crippen molar-refractivity contribution in [2.24, 2.45) is 5.92 Å². The first-order valence-electron chi connectivity index (χ1n) is 10.6. The lowest BCUT2D eigenvalue weighted by Gasteiger charge is -2.36. The topological polar surface area (TPSA) is 74.2 Å². The van der Waals surface area contributed by atoms with Crippen molar-refractivity contribution >= 4 is 23.2 Å². The van der Waals surface area contributed by atoms with E-state index in [0.29, 0.717) is 17.4 Å². The molecule has 4 rings (SSSR count). The molecular weight excluding hydrogens is 408 g/mol. The third kappa shape index (κ3) is 5.45. The molecule has 1 saturated heterocycles. The van der Waals surface area contributed by atoms with Gasteiger partial charge in [0, 0.05) is 62.3 Å². The molecule has 1 N–H and O–H groups in total. The number of hydrogen-bond donors (Lipinski definition) is 1. The van der Waals surface area contributed by atoms with E-state index in [1.165, 1.54) is 0 Å². The Bertz CT molecular complexity index is 962. The van der Waals surface area contributed by atoms with E-state index in [2.05, 4.69) is 25.2 Å². The van der Waals surface area contributed by atoms with Crippen LogP contribution in [0.3, 0.4) is 0 Å². The fourth-order valence-electron chi connectivity index (χ4n) is 4.01. The van der Waals surface area contributed by atoms with Gasteiger partial charge in [-0.15, -0.1) is 11.3 Å². The molecule has 3 aromatic rings. The highest BCUT2D eigenvalue weighted by molar-refractivity contribution is 7.09. The van der Waals surface area contributed by atoms with Gasteiger partial charge in [-0.25, -0.2) is 15.0 Å². The molecule has 0 aliphatic carbocycles. The Hall–Kier alpha value is -2.84. The SMILES string of the molecule is CN(C)c1ncc(CN2CCC[C@H]([C@H](NC(=O)c3ccccc3)c3nccs3)C2)cn1. The number of thiazole rings is 1. The van der Waals surface area contributed by atoms with Gasteiger partial charge in [0.05, 0.1) is 6.04 Å². The van der Waals surface area contributed by atoms with Gasteiger partial charge >= 0.3 is 0 Å². The number of amides is 1. The molecule has 2 atom stereocenters. The highest BCUT2D eigenvalue weighted by Gasteiger charge is 2.31. The van der Waals surface area contributed by atoms with Crippen molar-refractivity contribution < 1.29 is 4.79 Å². The van der Waals surface area contributed by atoms with E-state index >= 15 is 0 Å². The Labute approximate surface area is 187 Å². The maximum Gasteiger partial charge on any atom is 0.251 e. The summed E-state index contributed by atoms with van der Waals surface area (Å²) in [4.78, 5) is 30.6. The summed E-state index contributed by atoms with van der Waals surface area (Å²) in [7, 11) is 3.87. The maximum atomic E-state index is 12.9. The van der Waals surface area contributed by atoms with Crippen LogP contribution in [-0.2, 0) is 6.54 Å². The van der Waals surface area contributed by atoms with Crippen molar-refractivity contribution in [3.8, 4) is 0 Å². The van der Waals surface area contributed by atoms with Crippen LogP contribution in [0.15, 0.2) is 54.3 Å².